The number of thiazole rings is 1. The van der Waals surface area contributed by atoms with Crippen molar-refractivity contribution in [3.63, 3.8) is 0 Å². The van der Waals surface area contributed by atoms with Crippen LogP contribution in [0.1, 0.15) is 31.0 Å². The number of benzene rings is 1. The van der Waals surface area contributed by atoms with Crippen LogP contribution >= 0.6 is 34.5 Å². The minimum atomic E-state index is -0.781. The minimum Gasteiger partial charge on any atom is -0.463 e. The Labute approximate surface area is 191 Å². The number of carbonyl (C=O) groups is 1. The Morgan fingerprint density at radius 3 is 2.81 bits per heavy atom. The zero-order chi connectivity index (χ0) is 22.1. The van der Waals surface area contributed by atoms with E-state index in [0.717, 1.165) is 5.56 Å². The Morgan fingerprint density at radius 2 is 2.13 bits per heavy atom. The predicted molar refractivity (Wildman–Crippen MR) is 121 cm³/mol. The van der Waals surface area contributed by atoms with E-state index in [1.807, 2.05) is 6.07 Å². The van der Waals surface area contributed by atoms with Gasteiger partial charge in [-0.25, -0.2) is 9.79 Å². The highest BCUT2D eigenvalue weighted by atomic mass is 35.5. The third kappa shape index (κ3) is 4.08. The van der Waals surface area contributed by atoms with E-state index >= 15 is 0 Å². The molecule has 0 amide bonds. The van der Waals surface area contributed by atoms with Crippen molar-refractivity contribution < 1.29 is 9.53 Å². The van der Waals surface area contributed by atoms with E-state index in [4.69, 9.17) is 27.9 Å². The van der Waals surface area contributed by atoms with Crippen molar-refractivity contribution in [1.82, 2.24) is 9.55 Å². The summed E-state index contributed by atoms with van der Waals surface area (Å²) >= 11 is 13.8. The smallest absolute Gasteiger partial charge is 0.338 e. The molecule has 0 spiro atoms. The lowest BCUT2D eigenvalue weighted by Crippen LogP contribution is -2.40. The SMILES string of the molecule is CCOC(=O)C1=C(C)N=c2sc(=Cc3cccnc3)c(=O)n2C1c1ccc(Cl)cc1Cl. The molecule has 31 heavy (non-hydrogen) atoms. The molecule has 0 N–H and O–H groups in total. The van der Waals surface area contributed by atoms with E-state index in [-0.39, 0.29) is 17.7 Å². The third-order valence-corrected chi connectivity index (χ3v) is 6.30. The van der Waals surface area contributed by atoms with Crippen LogP contribution in [-0.2, 0) is 9.53 Å². The molecule has 9 heteroatoms. The summed E-state index contributed by atoms with van der Waals surface area (Å²) in [5.74, 6) is -0.540. The molecule has 1 aliphatic rings. The highest BCUT2D eigenvalue weighted by molar-refractivity contribution is 7.07. The summed E-state index contributed by atoms with van der Waals surface area (Å²) in [5.41, 5.74) is 1.82. The average molecular weight is 474 g/mol. The Hall–Kier alpha value is -2.74. The maximum Gasteiger partial charge on any atom is 0.338 e. The van der Waals surface area contributed by atoms with Crippen molar-refractivity contribution in [3.8, 4) is 0 Å². The Kier molecular flexibility index (Phi) is 6.09. The van der Waals surface area contributed by atoms with Crippen LogP contribution in [0.4, 0.5) is 0 Å². The van der Waals surface area contributed by atoms with Gasteiger partial charge in [0.1, 0.15) is 6.04 Å². The first-order valence-corrected chi connectivity index (χ1v) is 11.0. The van der Waals surface area contributed by atoms with Gasteiger partial charge < -0.3 is 4.74 Å². The standard InChI is InChI=1S/C22H17Cl2N3O3S/c1-3-30-21(29)18-12(2)26-22-27(19(18)15-7-6-14(23)10-16(15)24)20(28)17(31-22)9-13-5-4-8-25-11-13/h4-11,19H,3H2,1-2H3. The van der Waals surface area contributed by atoms with E-state index in [1.165, 1.54) is 15.9 Å². The molecular weight excluding hydrogens is 457 g/mol. The van der Waals surface area contributed by atoms with Gasteiger partial charge in [-0.1, -0.05) is 46.7 Å². The van der Waals surface area contributed by atoms with Crippen LogP contribution < -0.4 is 14.9 Å². The van der Waals surface area contributed by atoms with Gasteiger partial charge in [0.15, 0.2) is 4.80 Å². The quantitative estimate of drug-likeness (QED) is 0.543. The molecule has 2 aromatic heterocycles. The second-order valence-corrected chi connectivity index (χ2v) is 8.61. The first kappa shape index (κ1) is 21.5. The fourth-order valence-corrected chi connectivity index (χ4v) is 4.98. The number of halogens is 2. The number of aromatic nitrogens is 2. The van der Waals surface area contributed by atoms with Gasteiger partial charge in [0.05, 0.1) is 22.4 Å². The largest absolute Gasteiger partial charge is 0.463 e. The van der Waals surface area contributed by atoms with Crippen molar-refractivity contribution in [2.24, 2.45) is 4.99 Å². The molecule has 3 heterocycles. The molecule has 4 rings (SSSR count). The van der Waals surface area contributed by atoms with E-state index in [2.05, 4.69) is 9.98 Å². The number of hydrogen-bond donors (Lipinski definition) is 0. The summed E-state index contributed by atoms with van der Waals surface area (Å²) in [7, 11) is 0. The molecule has 0 radical (unpaired) electrons. The Bertz CT molecular complexity index is 1380. The van der Waals surface area contributed by atoms with Crippen LogP contribution in [0.5, 0.6) is 0 Å². The summed E-state index contributed by atoms with van der Waals surface area (Å²) in [6.07, 6.45) is 5.08. The zero-order valence-corrected chi connectivity index (χ0v) is 19.0. The van der Waals surface area contributed by atoms with Gasteiger partial charge in [0, 0.05) is 22.4 Å². The predicted octanol–water partition coefficient (Wildman–Crippen LogP) is 3.50. The number of fused-ring (bicyclic) bond motifs is 1. The highest BCUT2D eigenvalue weighted by Gasteiger charge is 2.34. The summed E-state index contributed by atoms with van der Waals surface area (Å²) < 4.78 is 7.23. The maximum absolute atomic E-state index is 13.4. The second kappa shape index (κ2) is 8.78. The molecular formula is C22H17Cl2N3O3S. The monoisotopic (exact) mass is 473 g/mol. The van der Waals surface area contributed by atoms with Gasteiger partial charge in [0.2, 0.25) is 0 Å². The minimum absolute atomic E-state index is 0.197. The van der Waals surface area contributed by atoms with Gasteiger partial charge in [-0.2, -0.15) is 0 Å². The number of ether oxygens (including phenoxy) is 1. The topological polar surface area (TPSA) is 73.6 Å². The van der Waals surface area contributed by atoms with Gasteiger partial charge >= 0.3 is 5.97 Å². The first-order chi connectivity index (χ1) is 14.9. The second-order valence-electron chi connectivity index (χ2n) is 6.75. The average Bonchev–Trinajstić information content (AvgIpc) is 3.03. The molecule has 0 saturated heterocycles. The van der Waals surface area contributed by atoms with Crippen molar-refractivity contribution in [2.45, 2.75) is 19.9 Å². The Morgan fingerprint density at radius 1 is 1.32 bits per heavy atom. The highest BCUT2D eigenvalue weighted by Crippen LogP contribution is 2.35. The molecule has 1 atom stereocenters. The van der Waals surface area contributed by atoms with E-state index < -0.39 is 12.0 Å². The molecule has 1 unspecified atom stereocenters. The van der Waals surface area contributed by atoms with Gasteiger partial charge in [-0.15, -0.1) is 0 Å². The lowest BCUT2D eigenvalue weighted by Gasteiger charge is -2.25. The summed E-state index contributed by atoms with van der Waals surface area (Å²) in [6, 6.07) is 7.84. The van der Waals surface area contributed by atoms with Crippen LogP contribution in [-0.4, -0.2) is 22.1 Å². The van der Waals surface area contributed by atoms with Crippen molar-refractivity contribution in [2.75, 3.05) is 6.61 Å². The number of nitrogens with zero attached hydrogens (tertiary/aromatic N) is 3. The van der Waals surface area contributed by atoms with Gasteiger partial charge in [-0.05, 0) is 49.2 Å². The lowest BCUT2D eigenvalue weighted by molar-refractivity contribution is -0.139. The zero-order valence-electron chi connectivity index (χ0n) is 16.6. The normalized spacial score (nSPS) is 16.1. The van der Waals surface area contributed by atoms with Crippen LogP contribution in [0.25, 0.3) is 6.08 Å². The Balaban J connectivity index is 2.00. The van der Waals surface area contributed by atoms with Gasteiger partial charge in [0.25, 0.3) is 5.56 Å². The fourth-order valence-electron chi connectivity index (χ4n) is 3.42. The molecule has 0 bridgehead atoms. The van der Waals surface area contributed by atoms with Crippen molar-refractivity contribution >= 4 is 46.6 Å². The first-order valence-electron chi connectivity index (χ1n) is 9.45. The van der Waals surface area contributed by atoms with Crippen LogP contribution in [0, 0.1) is 0 Å². The molecule has 0 saturated carbocycles. The molecule has 1 aliphatic heterocycles. The van der Waals surface area contributed by atoms with Crippen molar-refractivity contribution in [3.05, 3.63) is 94.9 Å². The van der Waals surface area contributed by atoms with Gasteiger partial charge in [-0.3, -0.25) is 14.3 Å². The molecule has 0 aliphatic carbocycles. The summed E-state index contributed by atoms with van der Waals surface area (Å²) in [4.78, 5) is 35.4. The lowest BCUT2D eigenvalue weighted by atomic mass is 9.96. The van der Waals surface area contributed by atoms with Crippen LogP contribution in [0.2, 0.25) is 10.0 Å². The number of carbonyl (C=O) groups excluding carboxylic acids is 1. The summed E-state index contributed by atoms with van der Waals surface area (Å²) in [6.45, 7) is 3.64. The molecule has 3 aromatic rings. The van der Waals surface area contributed by atoms with E-state index in [9.17, 15) is 9.59 Å². The summed E-state index contributed by atoms with van der Waals surface area (Å²) in [5, 5.41) is 0.798. The number of pyridine rings is 1. The number of allylic oxidation sites excluding steroid dienone is 1. The third-order valence-electron chi connectivity index (χ3n) is 4.76. The molecule has 1 aromatic carbocycles. The fraction of sp³-hybridized carbons (Fsp3) is 0.182. The number of esters is 1. The molecule has 0 fully saturated rings. The van der Waals surface area contributed by atoms with Crippen LogP contribution in [0.15, 0.2) is 63.8 Å². The number of hydrogen-bond acceptors (Lipinski definition) is 6. The van der Waals surface area contributed by atoms with E-state index in [0.29, 0.717) is 30.6 Å². The number of rotatable bonds is 4. The van der Waals surface area contributed by atoms with Crippen LogP contribution in [0.3, 0.4) is 0 Å². The maximum atomic E-state index is 13.4. The van der Waals surface area contributed by atoms with Crippen molar-refractivity contribution in [1.29, 1.82) is 0 Å². The molecule has 158 valence electrons. The van der Waals surface area contributed by atoms with E-state index in [1.54, 1.807) is 56.6 Å². The molecule has 6 nitrogen and oxygen atoms in total.